The molecule has 19 heavy (non-hydrogen) atoms. The van der Waals surface area contributed by atoms with Crippen molar-refractivity contribution in [3.8, 4) is 5.75 Å². The van der Waals surface area contributed by atoms with E-state index in [1.807, 2.05) is 31.2 Å². The van der Waals surface area contributed by atoms with Crippen molar-refractivity contribution in [3.63, 3.8) is 0 Å². The van der Waals surface area contributed by atoms with Crippen LogP contribution in [-0.4, -0.2) is 6.61 Å². The second-order valence-corrected chi connectivity index (χ2v) is 6.69. The van der Waals surface area contributed by atoms with E-state index in [4.69, 9.17) is 16.3 Å². The van der Waals surface area contributed by atoms with E-state index in [2.05, 4.69) is 28.2 Å². The zero-order chi connectivity index (χ0) is 13.8. The Balaban J connectivity index is 2.03. The molecule has 0 radical (unpaired) electrons. The molecular weight excluding hydrogens is 346 g/mol. The van der Waals surface area contributed by atoms with E-state index in [0.717, 1.165) is 26.8 Å². The predicted octanol–water partition coefficient (Wildman–Crippen LogP) is 5.48. The van der Waals surface area contributed by atoms with E-state index >= 15 is 0 Å². The van der Waals surface area contributed by atoms with E-state index in [-0.39, 0.29) is 0 Å². The standard InChI is InChI=1S/C14H15BrClNOS/c1-3-18-10-4-5-13(9(2)6-10)17-8-11-7-12(15)14(16)19-11/h4-7,17H,3,8H2,1-2H3. The molecule has 0 atom stereocenters. The minimum atomic E-state index is 0.688. The normalized spacial score (nSPS) is 10.5. The SMILES string of the molecule is CCOc1ccc(NCc2cc(Br)c(Cl)s2)c(C)c1. The quantitative estimate of drug-likeness (QED) is 0.762. The fraction of sp³-hybridized carbons (Fsp3) is 0.286. The van der Waals surface area contributed by atoms with Crippen molar-refractivity contribution in [3.05, 3.63) is 43.5 Å². The van der Waals surface area contributed by atoms with Crippen molar-refractivity contribution in [1.82, 2.24) is 0 Å². The highest BCUT2D eigenvalue weighted by atomic mass is 79.9. The van der Waals surface area contributed by atoms with Crippen molar-refractivity contribution < 1.29 is 4.74 Å². The Kier molecular flexibility index (Phi) is 5.13. The van der Waals surface area contributed by atoms with Crippen molar-refractivity contribution in [2.45, 2.75) is 20.4 Å². The molecule has 0 aliphatic rings. The lowest BCUT2D eigenvalue weighted by Crippen LogP contribution is -2.00. The van der Waals surface area contributed by atoms with Crippen molar-refractivity contribution >= 4 is 44.6 Å². The minimum Gasteiger partial charge on any atom is -0.494 e. The monoisotopic (exact) mass is 359 g/mol. The van der Waals surface area contributed by atoms with Crippen LogP contribution in [0.25, 0.3) is 0 Å². The van der Waals surface area contributed by atoms with Crippen LogP contribution in [0.5, 0.6) is 5.75 Å². The van der Waals surface area contributed by atoms with Gasteiger partial charge in [0.1, 0.15) is 10.1 Å². The Morgan fingerprint density at radius 3 is 2.74 bits per heavy atom. The van der Waals surface area contributed by atoms with E-state index < -0.39 is 0 Å². The Morgan fingerprint density at radius 2 is 2.16 bits per heavy atom. The van der Waals surface area contributed by atoms with Crippen LogP contribution in [0.3, 0.4) is 0 Å². The first-order valence-corrected chi connectivity index (χ1v) is 8.00. The van der Waals surface area contributed by atoms with Crippen LogP contribution >= 0.6 is 38.9 Å². The lowest BCUT2D eigenvalue weighted by molar-refractivity contribution is 0.340. The third kappa shape index (κ3) is 3.88. The number of thiophene rings is 1. The van der Waals surface area contributed by atoms with Gasteiger partial charge < -0.3 is 10.1 Å². The van der Waals surface area contributed by atoms with Crippen LogP contribution in [-0.2, 0) is 6.54 Å². The van der Waals surface area contributed by atoms with Gasteiger partial charge >= 0.3 is 0 Å². The second-order valence-electron chi connectivity index (χ2n) is 4.10. The largest absolute Gasteiger partial charge is 0.494 e. The summed E-state index contributed by atoms with van der Waals surface area (Å²) in [6, 6.07) is 8.12. The molecule has 5 heteroatoms. The molecule has 0 amide bonds. The number of nitrogens with one attached hydrogen (secondary N) is 1. The Hall–Kier alpha value is -0.710. The van der Waals surface area contributed by atoms with Crippen molar-refractivity contribution in [1.29, 1.82) is 0 Å². The average Bonchev–Trinajstić information content (AvgIpc) is 2.68. The molecule has 0 spiro atoms. The van der Waals surface area contributed by atoms with Crippen LogP contribution in [0.1, 0.15) is 17.4 Å². The molecule has 0 saturated carbocycles. The second kappa shape index (κ2) is 6.64. The van der Waals surface area contributed by atoms with Gasteiger partial charge in [0.15, 0.2) is 0 Å². The summed E-state index contributed by atoms with van der Waals surface area (Å²) in [7, 11) is 0. The van der Waals surface area contributed by atoms with Crippen LogP contribution in [0.4, 0.5) is 5.69 Å². The maximum Gasteiger partial charge on any atom is 0.119 e. The number of halogens is 2. The third-order valence-electron chi connectivity index (χ3n) is 2.66. The van der Waals surface area contributed by atoms with Gasteiger partial charge in [-0.1, -0.05) is 11.6 Å². The van der Waals surface area contributed by atoms with Gasteiger partial charge in [-0.25, -0.2) is 0 Å². The van der Waals surface area contributed by atoms with Crippen molar-refractivity contribution in [2.24, 2.45) is 0 Å². The first-order chi connectivity index (χ1) is 9.10. The molecule has 1 N–H and O–H groups in total. The predicted molar refractivity (Wildman–Crippen MR) is 86.7 cm³/mol. The highest BCUT2D eigenvalue weighted by Gasteiger charge is 2.05. The van der Waals surface area contributed by atoms with Gasteiger partial charge in [0.05, 0.1) is 6.61 Å². The molecule has 0 bridgehead atoms. The summed E-state index contributed by atoms with van der Waals surface area (Å²) >= 11 is 11.0. The fourth-order valence-corrected chi connectivity index (χ4v) is 3.48. The molecular formula is C14H15BrClNOS. The molecule has 1 aromatic carbocycles. The smallest absolute Gasteiger partial charge is 0.119 e. The van der Waals surface area contributed by atoms with E-state index in [1.54, 1.807) is 11.3 Å². The topological polar surface area (TPSA) is 21.3 Å². The molecule has 1 heterocycles. The van der Waals surface area contributed by atoms with Gasteiger partial charge in [-0.05, 0) is 59.6 Å². The van der Waals surface area contributed by atoms with E-state index in [1.165, 1.54) is 10.4 Å². The number of anilines is 1. The zero-order valence-corrected chi connectivity index (χ0v) is 14.0. The summed E-state index contributed by atoms with van der Waals surface area (Å²) in [5, 5.41) is 3.41. The molecule has 0 unspecified atom stereocenters. The van der Waals surface area contributed by atoms with Gasteiger partial charge in [-0.2, -0.15) is 0 Å². The van der Waals surface area contributed by atoms with Crippen molar-refractivity contribution in [2.75, 3.05) is 11.9 Å². The van der Waals surface area contributed by atoms with Crippen LogP contribution in [0, 0.1) is 6.92 Å². The van der Waals surface area contributed by atoms with Gasteiger partial charge in [-0.15, -0.1) is 11.3 Å². The first-order valence-electron chi connectivity index (χ1n) is 6.01. The lowest BCUT2D eigenvalue weighted by Gasteiger charge is -2.10. The van der Waals surface area contributed by atoms with E-state index in [0.29, 0.717) is 6.61 Å². The Morgan fingerprint density at radius 1 is 1.37 bits per heavy atom. The summed E-state index contributed by atoms with van der Waals surface area (Å²) in [4.78, 5) is 1.20. The van der Waals surface area contributed by atoms with Gasteiger partial charge in [0, 0.05) is 21.6 Å². The number of rotatable bonds is 5. The summed E-state index contributed by atoms with van der Waals surface area (Å²) < 4.78 is 7.22. The maximum atomic E-state index is 6.03. The van der Waals surface area contributed by atoms with Crippen LogP contribution in [0.2, 0.25) is 4.34 Å². The molecule has 0 saturated heterocycles. The van der Waals surface area contributed by atoms with E-state index in [9.17, 15) is 0 Å². The molecule has 2 rings (SSSR count). The van der Waals surface area contributed by atoms with Crippen LogP contribution < -0.4 is 10.1 Å². The third-order valence-corrected chi connectivity index (χ3v) is 5.13. The summed E-state index contributed by atoms with van der Waals surface area (Å²) in [6.45, 7) is 5.51. The fourth-order valence-electron chi connectivity index (χ4n) is 1.75. The molecule has 0 aliphatic heterocycles. The Labute approximate surface area is 130 Å². The number of ether oxygens (including phenoxy) is 1. The average molecular weight is 361 g/mol. The molecule has 2 aromatic rings. The van der Waals surface area contributed by atoms with Gasteiger partial charge in [0.25, 0.3) is 0 Å². The first kappa shape index (κ1) is 14.7. The molecule has 102 valence electrons. The Bertz CT molecular complexity index is 551. The van der Waals surface area contributed by atoms with Crippen LogP contribution in [0.15, 0.2) is 28.7 Å². The highest BCUT2D eigenvalue weighted by Crippen LogP contribution is 2.32. The molecule has 0 aliphatic carbocycles. The minimum absolute atomic E-state index is 0.688. The number of hydrogen-bond donors (Lipinski definition) is 1. The maximum absolute atomic E-state index is 6.03. The summed E-state index contributed by atoms with van der Waals surface area (Å²) in [5.74, 6) is 0.910. The zero-order valence-electron chi connectivity index (χ0n) is 10.8. The molecule has 0 fully saturated rings. The summed E-state index contributed by atoms with van der Waals surface area (Å²) in [5.41, 5.74) is 2.29. The number of hydrogen-bond acceptors (Lipinski definition) is 3. The van der Waals surface area contributed by atoms with Gasteiger partial charge in [0.2, 0.25) is 0 Å². The molecule has 1 aromatic heterocycles. The lowest BCUT2D eigenvalue weighted by atomic mass is 10.2. The number of aryl methyl sites for hydroxylation is 1. The molecule has 2 nitrogen and oxygen atoms in total. The highest BCUT2D eigenvalue weighted by molar-refractivity contribution is 9.10. The summed E-state index contributed by atoms with van der Waals surface area (Å²) in [6.07, 6.45) is 0. The number of benzene rings is 1. The van der Waals surface area contributed by atoms with Gasteiger partial charge in [-0.3, -0.25) is 0 Å².